The summed E-state index contributed by atoms with van der Waals surface area (Å²) < 4.78 is 10.4. The molecule has 1 heterocycles. The summed E-state index contributed by atoms with van der Waals surface area (Å²) >= 11 is 0. The second-order valence-electron chi connectivity index (χ2n) is 4.71. The highest BCUT2D eigenvalue weighted by atomic mass is 16.5. The maximum Gasteiger partial charge on any atom is 0.222 e. The van der Waals surface area contributed by atoms with E-state index < -0.39 is 6.10 Å². The molecular weight excluding hydrogens is 296 g/mol. The first-order valence-corrected chi connectivity index (χ1v) is 6.77. The van der Waals surface area contributed by atoms with Crippen molar-refractivity contribution in [1.82, 2.24) is 9.97 Å². The number of rotatable bonds is 3. The molecule has 0 unspecified atom stereocenters. The Morgan fingerprint density at radius 1 is 1.17 bits per heavy atom. The summed E-state index contributed by atoms with van der Waals surface area (Å²) in [5.41, 5.74) is 12.8. The maximum absolute atomic E-state index is 10.3. The number of hydrogen-bond donors (Lipinski definition) is 3. The molecule has 120 valence electrons. The molecule has 0 aliphatic rings. The first kappa shape index (κ1) is 16.4. The predicted octanol–water partition coefficient (Wildman–Crippen LogP) is 1.05. The van der Waals surface area contributed by atoms with Crippen molar-refractivity contribution >= 4 is 11.8 Å². The quantitative estimate of drug-likeness (QED) is 0.725. The van der Waals surface area contributed by atoms with Crippen molar-refractivity contribution in [1.29, 1.82) is 0 Å². The number of methoxy groups -OCH3 is 2. The van der Waals surface area contributed by atoms with Gasteiger partial charge in [0, 0.05) is 5.56 Å². The normalized spacial score (nSPS) is 11.3. The van der Waals surface area contributed by atoms with E-state index in [0.29, 0.717) is 28.3 Å². The van der Waals surface area contributed by atoms with Crippen molar-refractivity contribution in [3.05, 3.63) is 35.0 Å². The Morgan fingerprint density at radius 2 is 1.91 bits per heavy atom. The summed E-state index contributed by atoms with van der Waals surface area (Å²) in [7, 11) is 3.06. The number of aryl methyl sites for hydroxylation is 1. The van der Waals surface area contributed by atoms with Crippen LogP contribution < -0.4 is 20.9 Å². The van der Waals surface area contributed by atoms with E-state index >= 15 is 0 Å². The molecule has 7 heteroatoms. The van der Waals surface area contributed by atoms with Gasteiger partial charge in [-0.25, -0.2) is 4.98 Å². The molecule has 0 saturated heterocycles. The number of aliphatic hydroxyl groups excluding tert-OH is 1. The molecule has 0 aliphatic carbocycles. The Labute approximate surface area is 134 Å². The molecule has 0 radical (unpaired) electrons. The summed E-state index contributed by atoms with van der Waals surface area (Å²) in [5, 5.41) is 10.3. The van der Waals surface area contributed by atoms with Crippen LogP contribution in [0, 0.1) is 18.8 Å². The second-order valence-corrected chi connectivity index (χ2v) is 4.71. The van der Waals surface area contributed by atoms with Crippen LogP contribution in [-0.4, -0.2) is 29.3 Å². The van der Waals surface area contributed by atoms with Gasteiger partial charge in [-0.15, -0.1) is 0 Å². The van der Waals surface area contributed by atoms with E-state index in [4.69, 9.17) is 20.9 Å². The Bertz CT molecular complexity index is 758. The lowest BCUT2D eigenvalue weighted by atomic mass is 10.1. The average Bonchev–Trinajstić information content (AvgIpc) is 2.52. The van der Waals surface area contributed by atoms with Gasteiger partial charge in [0.2, 0.25) is 5.95 Å². The molecule has 1 aromatic carbocycles. The van der Waals surface area contributed by atoms with Crippen molar-refractivity contribution in [2.75, 3.05) is 25.7 Å². The molecule has 5 N–H and O–H groups in total. The second kappa shape index (κ2) is 6.85. The minimum atomic E-state index is -1.09. The zero-order valence-electron chi connectivity index (χ0n) is 13.1. The third-order valence-corrected chi connectivity index (χ3v) is 3.20. The molecule has 2 aromatic rings. The third kappa shape index (κ3) is 3.62. The van der Waals surface area contributed by atoms with Gasteiger partial charge in [0.1, 0.15) is 23.4 Å². The average molecular weight is 314 g/mol. The number of nitrogens with two attached hydrogens (primary N) is 2. The van der Waals surface area contributed by atoms with Crippen LogP contribution >= 0.6 is 0 Å². The Balaban J connectivity index is 2.39. The number of benzene rings is 1. The molecule has 0 spiro atoms. The van der Waals surface area contributed by atoms with E-state index in [1.807, 2.05) is 0 Å². The van der Waals surface area contributed by atoms with Crippen molar-refractivity contribution in [2.24, 2.45) is 0 Å². The number of anilines is 2. The van der Waals surface area contributed by atoms with Crippen LogP contribution in [-0.2, 0) is 0 Å². The smallest absolute Gasteiger partial charge is 0.222 e. The van der Waals surface area contributed by atoms with Crippen LogP contribution in [0.15, 0.2) is 18.2 Å². The molecule has 1 atom stereocenters. The Hall–Kier alpha value is -2.98. The highest BCUT2D eigenvalue weighted by molar-refractivity contribution is 5.56. The van der Waals surface area contributed by atoms with E-state index in [0.717, 1.165) is 0 Å². The zero-order chi connectivity index (χ0) is 17.0. The number of nitrogen functional groups attached to an aromatic ring is 2. The third-order valence-electron chi connectivity index (χ3n) is 3.20. The van der Waals surface area contributed by atoms with Gasteiger partial charge in [0.05, 0.1) is 25.5 Å². The molecular formula is C16H18N4O3. The number of aromatic nitrogens is 2. The summed E-state index contributed by atoms with van der Waals surface area (Å²) in [6.45, 7) is 1.72. The van der Waals surface area contributed by atoms with Crippen LogP contribution in [0.1, 0.15) is 22.9 Å². The van der Waals surface area contributed by atoms with Crippen LogP contribution in [0.2, 0.25) is 0 Å². The van der Waals surface area contributed by atoms with Gasteiger partial charge in [0.15, 0.2) is 0 Å². The fraction of sp³-hybridized carbons (Fsp3) is 0.250. The monoisotopic (exact) mass is 314 g/mol. The van der Waals surface area contributed by atoms with E-state index in [1.165, 1.54) is 7.11 Å². The van der Waals surface area contributed by atoms with E-state index in [2.05, 4.69) is 21.8 Å². The van der Waals surface area contributed by atoms with Crippen molar-refractivity contribution < 1.29 is 14.6 Å². The SMILES string of the molecule is COc1ccc(OC)c([C@H](O)C#Cc2c(C)nc(N)nc2N)c1. The van der Waals surface area contributed by atoms with Crippen molar-refractivity contribution in [3.8, 4) is 23.3 Å². The topological polar surface area (TPSA) is 117 Å². The van der Waals surface area contributed by atoms with Gasteiger partial charge in [-0.05, 0) is 25.1 Å². The van der Waals surface area contributed by atoms with Crippen LogP contribution in [0.25, 0.3) is 0 Å². The Morgan fingerprint density at radius 3 is 2.52 bits per heavy atom. The minimum absolute atomic E-state index is 0.0839. The van der Waals surface area contributed by atoms with Crippen molar-refractivity contribution in [3.63, 3.8) is 0 Å². The van der Waals surface area contributed by atoms with Crippen LogP contribution in [0.4, 0.5) is 11.8 Å². The highest BCUT2D eigenvalue weighted by Crippen LogP contribution is 2.29. The standard InChI is InChI=1S/C16H18N4O3/c1-9-11(15(17)20-16(18)19-9)5-6-13(21)12-8-10(22-2)4-7-14(12)23-3/h4,7-8,13,21H,1-3H3,(H4,17,18,19,20)/t13-/m1/s1. The van der Waals surface area contributed by atoms with E-state index in [1.54, 1.807) is 32.2 Å². The van der Waals surface area contributed by atoms with Crippen molar-refractivity contribution in [2.45, 2.75) is 13.0 Å². The highest BCUT2D eigenvalue weighted by Gasteiger charge is 2.13. The molecule has 1 aromatic heterocycles. The molecule has 0 saturated carbocycles. The number of hydrogen-bond acceptors (Lipinski definition) is 7. The molecule has 7 nitrogen and oxygen atoms in total. The van der Waals surface area contributed by atoms with Gasteiger partial charge in [-0.1, -0.05) is 11.8 Å². The fourth-order valence-corrected chi connectivity index (χ4v) is 2.04. The lowest BCUT2D eigenvalue weighted by Gasteiger charge is -2.12. The summed E-state index contributed by atoms with van der Waals surface area (Å²) in [6.07, 6.45) is -1.09. The number of aliphatic hydroxyl groups is 1. The molecule has 0 amide bonds. The first-order valence-electron chi connectivity index (χ1n) is 6.77. The van der Waals surface area contributed by atoms with E-state index in [-0.39, 0.29) is 11.8 Å². The van der Waals surface area contributed by atoms with Gasteiger partial charge in [-0.2, -0.15) is 4.98 Å². The van der Waals surface area contributed by atoms with Gasteiger partial charge >= 0.3 is 0 Å². The van der Waals surface area contributed by atoms with Gasteiger partial charge in [-0.3, -0.25) is 0 Å². The molecule has 2 rings (SSSR count). The predicted molar refractivity (Wildman–Crippen MR) is 87.0 cm³/mol. The lowest BCUT2D eigenvalue weighted by Crippen LogP contribution is -2.05. The maximum atomic E-state index is 10.3. The molecule has 0 fully saturated rings. The number of ether oxygens (including phenoxy) is 2. The fourth-order valence-electron chi connectivity index (χ4n) is 2.04. The lowest BCUT2D eigenvalue weighted by molar-refractivity contribution is 0.231. The summed E-state index contributed by atoms with van der Waals surface area (Å²) in [4.78, 5) is 7.87. The number of nitrogens with zero attached hydrogens (tertiary/aromatic N) is 2. The molecule has 0 bridgehead atoms. The minimum Gasteiger partial charge on any atom is -0.497 e. The molecule has 0 aliphatic heterocycles. The van der Waals surface area contributed by atoms with Crippen LogP contribution in [0.5, 0.6) is 11.5 Å². The summed E-state index contributed by atoms with van der Waals surface area (Å²) in [6, 6.07) is 5.09. The molecule has 23 heavy (non-hydrogen) atoms. The van der Waals surface area contributed by atoms with Gasteiger partial charge in [0.25, 0.3) is 0 Å². The Kier molecular flexibility index (Phi) is 4.88. The largest absolute Gasteiger partial charge is 0.497 e. The van der Waals surface area contributed by atoms with E-state index in [9.17, 15) is 5.11 Å². The van der Waals surface area contributed by atoms with Crippen LogP contribution in [0.3, 0.4) is 0 Å². The first-order chi connectivity index (χ1) is 11.0. The summed E-state index contributed by atoms with van der Waals surface area (Å²) in [5.74, 6) is 6.86. The van der Waals surface area contributed by atoms with Gasteiger partial charge < -0.3 is 26.0 Å². The zero-order valence-corrected chi connectivity index (χ0v) is 13.1.